The zero-order valence-electron chi connectivity index (χ0n) is 12.4. The highest BCUT2D eigenvalue weighted by Gasteiger charge is 2.18. The van der Waals surface area contributed by atoms with Gasteiger partial charge in [0, 0.05) is 29.0 Å². The van der Waals surface area contributed by atoms with Gasteiger partial charge in [0.1, 0.15) is 5.82 Å². The molecule has 0 saturated heterocycles. The largest absolute Gasteiger partial charge is 0.310 e. The fourth-order valence-electron chi connectivity index (χ4n) is 2.54. The lowest BCUT2D eigenvalue weighted by atomic mass is 9.95. The van der Waals surface area contributed by atoms with Crippen LogP contribution in [0.1, 0.15) is 36.6 Å². The van der Waals surface area contributed by atoms with Gasteiger partial charge in [-0.3, -0.25) is 4.98 Å². The fourth-order valence-corrected chi connectivity index (χ4v) is 2.78. The van der Waals surface area contributed by atoms with Gasteiger partial charge in [-0.2, -0.15) is 0 Å². The monoisotopic (exact) mass is 306 g/mol. The molecule has 0 aliphatic rings. The van der Waals surface area contributed by atoms with Crippen molar-refractivity contribution in [3.63, 3.8) is 0 Å². The average Bonchev–Trinajstić information content (AvgIpc) is 2.50. The number of aryl methyl sites for hydroxylation is 1. The van der Waals surface area contributed by atoms with Gasteiger partial charge in [0.15, 0.2) is 0 Å². The Balaban J connectivity index is 2.35. The van der Waals surface area contributed by atoms with Crippen molar-refractivity contribution >= 4 is 11.6 Å². The van der Waals surface area contributed by atoms with Gasteiger partial charge in [-0.25, -0.2) is 4.39 Å². The second kappa shape index (κ2) is 7.53. The highest BCUT2D eigenvalue weighted by molar-refractivity contribution is 6.31. The molecule has 1 atom stereocenters. The molecule has 2 aromatic rings. The summed E-state index contributed by atoms with van der Waals surface area (Å²) >= 11 is 6.15. The van der Waals surface area contributed by atoms with Crippen LogP contribution >= 0.6 is 11.6 Å². The smallest absolute Gasteiger partial charge is 0.127 e. The minimum atomic E-state index is -0.252. The number of pyridine rings is 1. The lowest BCUT2D eigenvalue weighted by Crippen LogP contribution is -2.24. The van der Waals surface area contributed by atoms with Crippen molar-refractivity contribution in [1.82, 2.24) is 10.3 Å². The molecule has 0 amide bonds. The van der Waals surface area contributed by atoms with Crippen molar-refractivity contribution in [3.8, 4) is 0 Å². The minimum Gasteiger partial charge on any atom is -0.310 e. The molecule has 2 nitrogen and oxygen atoms in total. The number of aromatic nitrogens is 1. The summed E-state index contributed by atoms with van der Waals surface area (Å²) in [7, 11) is 0. The Kier molecular flexibility index (Phi) is 5.71. The summed E-state index contributed by atoms with van der Waals surface area (Å²) in [5.74, 6) is -0.252. The summed E-state index contributed by atoms with van der Waals surface area (Å²) in [6.07, 6.45) is 5.08. The number of hydrogen-bond donors (Lipinski definition) is 1. The highest BCUT2D eigenvalue weighted by atomic mass is 35.5. The zero-order valence-corrected chi connectivity index (χ0v) is 13.1. The first kappa shape index (κ1) is 15.9. The van der Waals surface area contributed by atoms with E-state index in [-0.39, 0.29) is 11.9 Å². The van der Waals surface area contributed by atoms with Crippen LogP contribution in [0, 0.1) is 5.82 Å². The Bertz CT molecular complexity index is 581. The summed E-state index contributed by atoms with van der Waals surface area (Å²) in [6.45, 7) is 4.95. The highest BCUT2D eigenvalue weighted by Crippen LogP contribution is 2.27. The molecule has 0 aliphatic heterocycles. The molecule has 0 radical (unpaired) electrons. The Morgan fingerprint density at radius 2 is 2.10 bits per heavy atom. The van der Waals surface area contributed by atoms with Gasteiger partial charge >= 0.3 is 0 Å². The molecule has 1 unspecified atom stereocenters. The van der Waals surface area contributed by atoms with Crippen LogP contribution in [0.2, 0.25) is 5.02 Å². The fraction of sp³-hybridized carbons (Fsp3) is 0.353. The van der Waals surface area contributed by atoms with E-state index in [1.165, 1.54) is 11.6 Å². The Labute approximate surface area is 130 Å². The van der Waals surface area contributed by atoms with E-state index in [0.29, 0.717) is 17.0 Å². The maximum Gasteiger partial charge on any atom is 0.127 e. The van der Waals surface area contributed by atoms with E-state index in [4.69, 9.17) is 11.6 Å². The van der Waals surface area contributed by atoms with E-state index in [0.717, 1.165) is 18.5 Å². The topological polar surface area (TPSA) is 24.9 Å². The molecule has 4 heteroatoms. The maximum absolute atomic E-state index is 14.0. The number of nitrogens with one attached hydrogen (secondary N) is 1. The average molecular weight is 307 g/mol. The third kappa shape index (κ3) is 3.80. The summed E-state index contributed by atoms with van der Waals surface area (Å²) < 4.78 is 14.0. The summed E-state index contributed by atoms with van der Waals surface area (Å²) in [5, 5.41) is 3.90. The normalized spacial score (nSPS) is 12.4. The molecule has 0 bridgehead atoms. The molecule has 1 N–H and O–H groups in total. The van der Waals surface area contributed by atoms with Gasteiger partial charge in [-0.05, 0) is 48.7 Å². The molecular formula is C17H20ClFN2. The maximum atomic E-state index is 14.0. The summed E-state index contributed by atoms with van der Waals surface area (Å²) in [5.41, 5.74) is 2.90. The van der Waals surface area contributed by atoms with Crippen molar-refractivity contribution in [1.29, 1.82) is 0 Å². The second-order valence-corrected chi connectivity index (χ2v) is 5.35. The molecule has 0 saturated carbocycles. The SMILES string of the molecule is CCNC(Cc1c(F)cccc1Cl)c1ccncc1CC. The van der Waals surface area contributed by atoms with Crippen molar-refractivity contribution in [2.75, 3.05) is 6.54 Å². The molecular weight excluding hydrogens is 287 g/mol. The quantitative estimate of drug-likeness (QED) is 0.859. The van der Waals surface area contributed by atoms with Gasteiger partial charge in [0.05, 0.1) is 0 Å². The first-order valence-corrected chi connectivity index (χ1v) is 7.64. The third-order valence-corrected chi connectivity index (χ3v) is 3.97. The Morgan fingerprint density at radius 3 is 2.76 bits per heavy atom. The predicted octanol–water partition coefficient (Wildman–Crippen LogP) is 4.33. The molecule has 2 rings (SSSR count). The van der Waals surface area contributed by atoms with Crippen molar-refractivity contribution < 1.29 is 4.39 Å². The molecule has 0 fully saturated rings. The van der Waals surface area contributed by atoms with E-state index >= 15 is 0 Å². The lowest BCUT2D eigenvalue weighted by molar-refractivity contribution is 0.524. The molecule has 1 aromatic carbocycles. The number of rotatable bonds is 6. The predicted molar refractivity (Wildman–Crippen MR) is 85.1 cm³/mol. The van der Waals surface area contributed by atoms with E-state index < -0.39 is 0 Å². The van der Waals surface area contributed by atoms with Crippen molar-refractivity contribution in [3.05, 3.63) is 64.2 Å². The lowest BCUT2D eigenvalue weighted by Gasteiger charge is -2.21. The number of benzene rings is 1. The van der Waals surface area contributed by atoms with Crippen LogP contribution in [-0.2, 0) is 12.8 Å². The molecule has 0 spiro atoms. The second-order valence-electron chi connectivity index (χ2n) is 4.94. The van der Waals surface area contributed by atoms with Crippen molar-refractivity contribution in [2.45, 2.75) is 32.7 Å². The standard InChI is InChI=1S/C17H20ClFN2/c1-3-12-11-20-9-8-13(12)17(21-4-2)10-14-15(18)6-5-7-16(14)19/h5-9,11,17,21H,3-4,10H2,1-2H3. The van der Waals surface area contributed by atoms with E-state index in [1.807, 2.05) is 19.2 Å². The molecule has 21 heavy (non-hydrogen) atoms. The minimum absolute atomic E-state index is 0.0300. The van der Waals surface area contributed by atoms with Crippen LogP contribution in [0.25, 0.3) is 0 Å². The van der Waals surface area contributed by atoms with Gasteiger partial charge in [-0.15, -0.1) is 0 Å². The van der Waals surface area contributed by atoms with Crippen LogP contribution in [0.5, 0.6) is 0 Å². The van der Waals surface area contributed by atoms with Crippen LogP contribution in [0.4, 0.5) is 4.39 Å². The summed E-state index contributed by atoms with van der Waals surface area (Å²) in [6, 6.07) is 6.85. The molecule has 112 valence electrons. The van der Waals surface area contributed by atoms with Crippen LogP contribution < -0.4 is 5.32 Å². The van der Waals surface area contributed by atoms with Crippen LogP contribution in [0.3, 0.4) is 0 Å². The Hall–Kier alpha value is -1.45. The van der Waals surface area contributed by atoms with Gasteiger partial charge in [-0.1, -0.05) is 31.5 Å². The van der Waals surface area contributed by atoms with Gasteiger partial charge in [0.25, 0.3) is 0 Å². The van der Waals surface area contributed by atoms with E-state index in [9.17, 15) is 4.39 Å². The first-order valence-electron chi connectivity index (χ1n) is 7.26. The first-order chi connectivity index (χ1) is 10.2. The van der Waals surface area contributed by atoms with Gasteiger partial charge in [0.2, 0.25) is 0 Å². The number of halogens is 2. The molecule has 0 aliphatic carbocycles. The van der Waals surface area contributed by atoms with E-state index in [2.05, 4.69) is 17.2 Å². The molecule has 1 aromatic heterocycles. The van der Waals surface area contributed by atoms with Gasteiger partial charge < -0.3 is 5.32 Å². The third-order valence-electron chi connectivity index (χ3n) is 3.62. The number of nitrogens with zero attached hydrogens (tertiary/aromatic N) is 1. The van der Waals surface area contributed by atoms with Crippen LogP contribution in [0.15, 0.2) is 36.7 Å². The van der Waals surface area contributed by atoms with Crippen molar-refractivity contribution in [2.24, 2.45) is 0 Å². The Morgan fingerprint density at radius 1 is 1.29 bits per heavy atom. The summed E-state index contributed by atoms with van der Waals surface area (Å²) in [4.78, 5) is 4.17. The molecule has 1 heterocycles. The van der Waals surface area contributed by atoms with E-state index in [1.54, 1.807) is 18.3 Å². The number of likely N-dealkylation sites (N-methyl/N-ethyl adjacent to an activating group) is 1. The van der Waals surface area contributed by atoms with Crippen LogP contribution in [-0.4, -0.2) is 11.5 Å². The zero-order chi connectivity index (χ0) is 15.2. The number of hydrogen-bond acceptors (Lipinski definition) is 2.